The molecule has 0 spiro atoms. The van der Waals surface area contributed by atoms with Crippen LogP contribution in [0, 0.1) is 0 Å². The van der Waals surface area contributed by atoms with E-state index >= 15 is 0 Å². The summed E-state index contributed by atoms with van der Waals surface area (Å²) in [5.74, 6) is -0.151. The number of para-hydroxylation sites is 1. The molecule has 0 radical (unpaired) electrons. The molecular formula is C12H13N3O. The number of unbranched alkanes of at least 4 members (excludes halogenated alkanes) is 1. The van der Waals surface area contributed by atoms with Gasteiger partial charge in [-0.25, -0.2) is 0 Å². The van der Waals surface area contributed by atoms with E-state index in [1.54, 1.807) is 6.08 Å². The molecule has 0 aliphatic rings. The second-order valence-corrected chi connectivity index (χ2v) is 3.52. The summed E-state index contributed by atoms with van der Waals surface area (Å²) in [6.07, 6.45) is 5.34. The van der Waals surface area contributed by atoms with Crippen LogP contribution in [-0.4, -0.2) is 20.9 Å². The molecule has 0 N–H and O–H groups in total. The number of nitrogens with zero attached hydrogens (tertiary/aromatic N) is 3. The van der Waals surface area contributed by atoms with Gasteiger partial charge in [-0.15, -0.1) is 5.10 Å². The fourth-order valence-corrected chi connectivity index (χ4v) is 1.45. The van der Waals surface area contributed by atoms with Crippen LogP contribution in [0.5, 0.6) is 0 Å². The van der Waals surface area contributed by atoms with E-state index in [9.17, 15) is 4.79 Å². The first-order valence-corrected chi connectivity index (χ1v) is 5.34. The molecular weight excluding hydrogens is 202 g/mol. The fourth-order valence-electron chi connectivity index (χ4n) is 1.45. The van der Waals surface area contributed by atoms with Crippen LogP contribution in [0.1, 0.15) is 24.6 Å². The van der Waals surface area contributed by atoms with Crippen LogP contribution < -0.4 is 0 Å². The predicted molar refractivity (Wildman–Crippen MR) is 62.2 cm³/mol. The molecule has 0 aliphatic carbocycles. The monoisotopic (exact) mass is 215 g/mol. The lowest BCUT2D eigenvalue weighted by atomic mass is 10.3. The van der Waals surface area contributed by atoms with Crippen LogP contribution >= 0.6 is 0 Å². The zero-order valence-electron chi connectivity index (χ0n) is 9.13. The number of carbonyl (C=O) groups excluding carboxylic acids is 1. The van der Waals surface area contributed by atoms with Crippen LogP contribution in [0.2, 0.25) is 0 Å². The van der Waals surface area contributed by atoms with E-state index in [0.717, 1.165) is 23.9 Å². The van der Waals surface area contributed by atoms with Gasteiger partial charge in [0, 0.05) is 6.08 Å². The number of aromatic nitrogens is 3. The van der Waals surface area contributed by atoms with Gasteiger partial charge in [0.15, 0.2) is 0 Å². The number of rotatable bonds is 3. The van der Waals surface area contributed by atoms with Crippen molar-refractivity contribution in [3.05, 3.63) is 36.4 Å². The topological polar surface area (TPSA) is 47.8 Å². The van der Waals surface area contributed by atoms with Crippen molar-refractivity contribution in [1.29, 1.82) is 0 Å². The van der Waals surface area contributed by atoms with Crippen molar-refractivity contribution in [3.63, 3.8) is 0 Å². The largest absolute Gasteiger partial charge is 0.272 e. The molecule has 0 unspecified atom stereocenters. The van der Waals surface area contributed by atoms with E-state index in [0.29, 0.717) is 0 Å². The van der Waals surface area contributed by atoms with Gasteiger partial charge in [0.1, 0.15) is 5.52 Å². The fraction of sp³-hybridized carbons (Fsp3) is 0.250. The Labute approximate surface area is 93.6 Å². The van der Waals surface area contributed by atoms with Crippen molar-refractivity contribution >= 4 is 16.9 Å². The maximum absolute atomic E-state index is 11.8. The molecule has 82 valence electrons. The highest BCUT2D eigenvalue weighted by Gasteiger charge is 2.07. The van der Waals surface area contributed by atoms with E-state index < -0.39 is 0 Å². The van der Waals surface area contributed by atoms with Crippen molar-refractivity contribution in [2.24, 2.45) is 0 Å². The van der Waals surface area contributed by atoms with E-state index in [4.69, 9.17) is 0 Å². The van der Waals surface area contributed by atoms with E-state index in [1.165, 1.54) is 4.68 Å². The van der Waals surface area contributed by atoms with Gasteiger partial charge in [-0.1, -0.05) is 36.8 Å². The molecule has 1 aromatic carbocycles. The summed E-state index contributed by atoms with van der Waals surface area (Å²) in [6, 6.07) is 7.41. The van der Waals surface area contributed by atoms with Gasteiger partial charge in [0.05, 0.1) is 5.52 Å². The summed E-state index contributed by atoms with van der Waals surface area (Å²) in [4.78, 5) is 11.8. The summed E-state index contributed by atoms with van der Waals surface area (Å²) in [5.41, 5.74) is 1.48. The molecule has 2 aromatic rings. The molecule has 1 heterocycles. The van der Waals surface area contributed by atoms with Crippen molar-refractivity contribution in [1.82, 2.24) is 15.0 Å². The zero-order valence-corrected chi connectivity index (χ0v) is 9.13. The molecule has 0 saturated carbocycles. The van der Waals surface area contributed by atoms with Crippen LogP contribution in [0.15, 0.2) is 36.4 Å². The molecule has 0 fully saturated rings. The number of benzene rings is 1. The average molecular weight is 215 g/mol. The standard InChI is InChI=1S/C12H13N3O/c1-2-3-4-9-12(16)15-11-8-6-5-7-10(11)13-14-15/h4-9H,2-3H2,1H3. The molecule has 4 nitrogen and oxygen atoms in total. The van der Waals surface area contributed by atoms with Crippen molar-refractivity contribution in [2.75, 3.05) is 0 Å². The molecule has 1 aromatic heterocycles. The highest BCUT2D eigenvalue weighted by atomic mass is 16.2. The van der Waals surface area contributed by atoms with Crippen molar-refractivity contribution in [3.8, 4) is 0 Å². The maximum atomic E-state index is 11.8. The SMILES string of the molecule is CCCC=CC(=O)n1nnc2ccccc21. The van der Waals surface area contributed by atoms with Gasteiger partial charge >= 0.3 is 0 Å². The highest BCUT2D eigenvalue weighted by molar-refractivity contribution is 5.95. The van der Waals surface area contributed by atoms with Crippen LogP contribution in [0.3, 0.4) is 0 Å². The first-order valence-electron chi connectivity index (χ1n) is 5.34. The Bertz CT molecular complexity index is 528. The summed E-state index contributed by atoms with van der Waals surface area (Å²) in [7, 11) is 0. The lowest BCUT2D eigenvalue weighted by Crippen LogP contribution is -2.08. The molecule has 0 bridgehead atoms. The first-order chi connectivity index (χ1) is 7.83. The Kier molecular flexibility index (Phi) is 3.10. The Hall–Kier alpha value is -1.97. The van der Waals surface area contributed by atoms with E-state index in [-0.39, 0.29) is 5.91 Å². The Morgan fingerprint density at radius 1 is 1.44 bits per heavy atom. The minimum atomic E-state index is -0.151. The normalized spacial score (nSPS) is 11.3. The average Bonchev–Trinajstić information content (AvgIpc) is 2.73. The minimum absolute atomic E-state index is 0.151. The number of hydrogen-bond acceptors (Lipinski definition) is 3. The van der Waals surface area contributed by atoms with Gasteiger partial charge < -0.3 is 0 Å². The molecule has 16 heavy (non-hydrogen) atoms. The third kappa shape index (κ3) is 2.00. The van der Waals surface area contributed by atoms with Gasteiger partial charge in [0.2, 0.25) is 0 Å². The summed E-state index contributed by atoms with van der Waals surface area (Å²) < 4.78 is 1.32. The molecule has 0 amide bonds. The Morgan fingerprint density at radius 2 is 2.25 bits per heavy atom. The summed E-state index contributed by atoms with van der Waals surface area (Å²) in [5, 5.41) is 7.77. The smallest absolute Gasteiger partial charge is 0.267 e. The quantitative estimate of drug-likeness (QED) is 0.739. The van der Waals surface area contributed by atoms with Crippen LogP contribution in [-0.2, 0) is 0 Å². The maximum Gasteiger partial charge on any atom is 0.272 e. The van der Waals surface area contributed by atoms with Crippen LogP contribution in [0.25, 0.3) is 11.0 Å². The summed E-state index contributed by atoms with van der Waals surface area (Å²) in [6.45, 7) is 2.07. The van der Waals surface area contributed by atoms with Crippen molar-refractivity contribution < 1.29 is 4.79 Å². The zero-order chi connectivity index (χ0) is 11.4. The Morgan fingerprint density at radius 3 is 3.06 bits per heavy atom. The number of carbonyl (C=O) groups is 1. The molecule has 4 heteroatoms. The lowest BCUT2D eigenvalue weighted by Gasteiger charge is -1.94. The Balaban J connectivity index is 2.30. The summed E-state index contributed by atoms with van der Waals surface area (Å²) >= 11 is 0. The van der Waals surface area contributed by atoms with Crippen molar-refractivity contribution in [2.45, 2.75) is 19.8 Å². The van der Waals surface area contributed by atoms with Gasteiger partial charge in [0.25, 0.3) is 5.91 Å². The third-order valence-electron chi connectivity index (χ3n) is 2.28. The van der Waals surface area contributed by atoms with E-state index in [1.807, 2.05) is 30.3 Å². The molecule has 0 aliphatic heterocycles. The number of allylic oxidation sites excluding steroid dienone is 2. The third-order valence-corrected chi connectivity index (χ3v) is 2.28. The first kappa shape index (κ1) is 10.5. The molecule has 0 saturated heterocycles. The predicted octanol–water partition coefficient (Wildman–Crippen LogP) is 2.43. The van der Waals surface area contributed by atoms with Gasteiger partial charge in [-0.2, -0.15) is 4.68 Å². The lowest BCUT2D eigenvalue weighted by molar-refractivity contribution is 0.0957. The molecule has 0 atom stereocenters. The van der Waals surface area contributed by atoms with Gasteiger partial charge in [-0.05, 0) is 18.6 Å². The van der Waals surface area contributed by atoms with Crippen LogP contribution in [0.4, 0.5) is 0 Å². The number of hydrogen-bond donors (Lipinski definition) is 0. The minimum Gasteiger partial charge on any atom is -0.267 e. The van der Waals surface area contributed by atoms with Gasteiger partial charge in [-0.3, -0.25) is 4.79 Å². The van der Waals surface area contributed by atoms with E-state index in [2.05, 4.69) is 17.2 Å². The number of fused-ring (bicyclic) bond motifs is 1. The highest BCUT2D eigenvalue weighted by Crippen LogP contribution is 2.09. The second kappa shape index (κ2) is 4.70. The molecule has 2 rings (SSSR count). The second-order valence-electron chi connectivity index (χ2n) is 3.52.